The lowest BCUT2D eigenvalue weighted by molar-refractivity contribution is -0.132. The summed E-state index contributed by atoms with van der Waals surface area (Å²) in [6.45, 7) is 7.65. The maximum absolute atomic E-state index is 12.1. The number of aryl methyl sites for hydroxylation is 1. The van der Waals surface area contributed by atoms with Gasteiger partial charge in [0.15, 0.2) is 0 Å². The molecule has 0 spiro atoms. The van der Waals surface area contributed by atoms with Gasteiger partial charge < -0.3 is 10.2 Å². The molecule has 108 valence electrons. The standard InChI is InChI=1S/C15H24N2O.ClH/c1-5-10-16-13(3)15(18)17(4)11-14-9-7-6-8-12(14)2;/h6-9,13,16H,5,10-11H2,1-4H3;1H. The zero-order chi connectivity index (χ0) is 13.5. The molecule has 0 heterocycles. The SMILES string of the molecule is CCCNC(C)C(=O)N(C)Cc1ccccc1C.Cl. The first-order valence-corrected chi connectivity index (χ1v) is 6.59. The Morgan fingerprint density at radius 1 is 1.37 bits per heavy atom. The van der Waals surface area contributed by atoms with Crippen molar-refractivity contribution in [1.29, 1.82) is 0 Å². The molecular formula is C15H25ClN2O. The fourth-order valence-corrected chi connectivity index (χ4v) is 1.90. The number of likely N-dealkylation sites (N-methyl/N-ethyl adjacent to an activating group) is 1. The van der Waals surface area contributed by atoms with Crippen molar-refractivity contribution in [2.24, 2.45) is 0 Å². The van der Waals surface area contributed by atoms with Crippen LogP contribution in [-0.2, 0) is 11.3 Å². The second kappa shape index (κ2) is 8.94. The van der Waals surface area contributed by atoms with Gasteiger partial charge in [0.25, 0.3) is 0 Å². The molecule has 0 aliphatic carbocycles. The van der Waals surface area contributed by atoms with Crippen molar-refractivity contribution in [1.82, 2.24) is 10.2 Å². The number of carbonyl (C=O) groups excluding carboxylic acids is 1. The van der Waals surface area contributed by atoms with Gasteiger partial charge >= 0.3 is 0 Å². The van der Waals surface area contributed by atoms with Crippen LogP contribution in [0, 0.1) is 6.92 Å². The monoisotopic (exact) mass is 284 g/mol. The van der Waals surface area contributed by atoms with Crippen LogP contribution in [0.4, 0.5) is 0 Å². The lowest BCUT2D eigenvalue weighted by Crippen LogP contribution is -2.43. The summed E-state index contributed by atoms with van der Waals surface area (Å²) in [6, 6.07) is 8.07. The fourth-order valence-electron chi connectivity index (χ4n) is 1.90. The molecule has 1 atom stereocenters. The third-order valence-electron chi connectivity index (χ3n) is 3.12. The Kier molecular flexibility index (Phi) is 8.44. The number of amides is 1. The van der Waals surface area contributed by atoms with E-state index in [1.165, 1.54) is 11.1 Å². The molecule has 1 unspecified atom stereocenters. The third kappa shape index (κ3) is 5.62. The number of nitrogens with one attached hydrogen (secondary N) is 1. The largest absolute Gasteiger partial charge is 0.340 e. The first-order valence-electron chi connectivity index (χ1n) is 6.59. The minimum atomic E-state index is -0.112. The van der Waals surface area contributed by atoms with Crippen molar-refractivity contribution in [3.8, 4) is 0 Å². The average molecular weight is 285 g/mol. The highest BCUT2D eigenvalue weighted by molar-refractivity contribution is 5.85. The molecule has 1 rings (SSSR count). The molecule has 0 bridgehead atoms. The number of carbonyl (C=O) groups is 1. The Bertz CT molecular complexity index is 395. The normalized spacial score (nSPS) is 11.6. The Morgan fingerprint density at radius 2 is 2.00 bits per heavy atom. The molecule has 0 saturated heterocycles. The maximum atomic E-state index is 12.1. The van der Waals surface area contributed by atoms with E-state index >= 15 is 0 Å². The lowest BCUT2D eigenvalue weighted by Gasteiger charge is -2.23. The van der Waals surface area contributed by atoms with Crippen molar-refractivity contribution >= 4 is 18.3 Å². The van der Waals surface area contributed by atoms with E-state index in [1.54, 1.807) is 4.90 Å². The van der Waals surface area contributed by atoms with E-state index in [0.717, 1.165) is 13.0 Å². The van der Waals surface area contributed by atoms with Crippen LogP contribution in [0.1, 0.15) is 31.4 Å². The molecule has 0 saturated carbocycles. The van der Waals surface area contributed by atoms with Gasteiger partial charge in [-0.1, -0.05) is 31.2 Å². The number of hydrogen-bond donors (Lipinski definition) is 1. The quantitative estimate of drug-likeness (QED) is 0.871. The van der Waals surface area contributed by atoms with Crippen LogP contribution in [0.2, 0.25) is 0 Å². The van der Waals surface area contributed by atoms with Gasteiger partial charge in [0.2, 0.25) is 5.91 Å². The van der Waals surface area contributed by atoms with Gasteiger partial charge in [-0.2, -0.15) is 0 Å². The summed E-state index contributed by atoms with van der Waals surface area (Å²) in [4.78, 5) is 13.9. The Hall–Kier alpha value is -1.06. The maximum Gasteiger partial charge on any atom is 0.239 e. The molecule has 4 heteroatoms. The van der Waals surface area contributed by atoms with Gasteiger partial charge in [0.05, 0.1) is 6.04 Å². The van der Waals surface area contributed by atoms with E-state index in [9.17, 15) is 4.79 Å². The predicted octanol–water partition coefficient (Wildman–Crippen LogP) is 2.76. The molecular weight excluding hydrogens is 260 g/mol. The van der Waals surface area contributed by atoms with Crippen molar-refractivity contribution < 1.29 is 4.79 Å². The molecule has 0 aromatic heterocycles. The average Bonchev–Trinajstić information content (AvgIpc) is 2.37. The van der Waals surface area contributed by atoms with E-state index in [-0.39, 0.29) is 24.4 Å². The zero-order valence-corrected chi connectivity index (χ0v) is 13.1. The minimum Gasteiger partial charge on any atom is -0.340 e. The van der Waals surface area contributed by atoms with E-state index < -0.39 is 0 Å². The summed E-state index contributed by atoms with van der Waals surface area (Å²) in [6.07, 6.45) is 1.04. The molecule has 0 radical (unpaired) electrons. The van der Waals surface area contributed by atoms with Crippen molar-refractivity contribution in [3.05, 3.63) is 35.4 Å². The van der Waals surface area contributed by atoms with E-state index in [4.69, 9.17) is 0 Å². The van der Waals surface area contributed by atoms with Gasteiger partial charge in [-0.25, -0.2) is 0 Å². The second-order valence-electron chi connectivity index (χ2n) is 4.80. The molecule has 1 aromatic carbocycles. The summed E-state index contributed by atoms with van der Waals surface area (Å²) >= 11 is 0. The predicted molar refractivity (Wildman–Crippen MR) is 82.7 cm³/mol. The Labute approximate surface area is 122 Å². The summed E-state index contributed by atoms with van der Waals surface area (Å²) in [5.74, 6) is 0.145. The van der Waals surface area contributed by atoms with Crippen molar-refractivity contribution in [2.45, 2.75) is 39.8 Å². The third-order valence-corrected chi connectivity index (χ3v) is 3.12. The first kappa shape index (κ1) is 17.9. The smallest absolute Gasteiger partial charge is 0.239 e. The lowest BCUT2D eigenvalue weighted by atomic mass is 10.1. The molecule has 1 N–H and O–H groups in total. The van der Waals surface area contributed by atoms with E-state index in [0.29, 0.717) is 6.54 Å². The van der Waals surface area contributed by atoms with Crippen molar-refractivity contribution in [3.63, 3.8) is 0 Å². The summed E-state index contributed by atoms with van der Waals surface area (Å²) in [5.41, 5.74) is 2.43. The van der Waals surface area contributed by atoms with Crippen LogP contribution < -0.4 is 5.32 Å². The van der Waals surface area contributed by atoms with Gasteiger partial charge in [-0.15, -0.1) is 12.4 Å². The van der Waals surface area contributed by atoms with Crippen LogP contribution >= 0.6 is 12.4 Å². The number of benzene rings is 1. The Morgan fingerprint density at radius 3 is 2.58 bits per heavy atom. The molecule has 19 heavy (non-hydrogen) atoms. The zero-order valence-electron chi connectivity index (χ0n) is 12.3. The second-order valence-corrected chi connectivity index (χ2v) is 4.80. The Balaban J connectivity index is 0.00000324. The molecule has 1 aromatic rings. The van der Waals surface area contributed by atoms with Crippen LogP contribution in [0.3, 0.4) is 0 Å². The highest BCUT2D eigenvalue weighted by atomic mass is 35.5. The molecule has 0 fully saturated rings. The summed E-state index contributed by atoms with van der Waals surface area (Å²) in [5, 5.41) is 3.22. The van der Waals surface area contributed by atoms with Gasteiger partial charge in [0, 0.05) is 13.6 Å². The van der Waals surface area contributed by atoms with E-state index in [2.05, 4.69) is 31.3 Å². The van der Waals surface area contributed by atoms with Gasteiger partial charge in [-0.3, -0.25) is 4.79 Å². The molecule has 0 aliphatic heterocycles. The summed E-state index contributed by atoms with van der Waals surface area (Å²) in [7, 11) is 1.86. The topological polar surface area (TPSA) is 32.3 Å². The first-order chi connectivity index (χ1) is 8.56. The van der Waals surface area contributed by atoms with Crippen LogP contribution in [-0.4, -0.2) is 30.4 Å². The number of nitrogens with zero attached hydrogens (tertiary/aromatic N) is 1. The molecule has 0 aliphatic rings. The molecule has 3 nitrogen and oxygen atoms in total. The number of hydrogen-bond acceptors (Lipinski definition) is 2. The number of halogens is 1. The van der Waals surface area contributed by atoms with Crippen LogP contribution in [0.15, 0.2) is 24.3 Å². The minimum absolute atomic E-state index is 0. The highest BCUT2D eigenvalue weighted by Gasteiger charge is 2.16. The van der Waals surface area contributed by atoms with Gasteiger partial charge in [0.1, 0.15) is 0 Å². The van der Waals surface area contributed by atoms with Crippen molar-refractivity contribution in [2.75, 3.05) is 13.6 Å². The van der Waals surface area contributed by atoms with Gasteiger partial charge in [-0.05, 0) is 37.9 Å². The molecule has 1 amide bonds. The van der Waals surface area contributed by atoms with Crippen LogP contribution in [0.25, 0.3) is 0 Å². The fraction of sp³-hybridized carbons (Fsp3) is 0.533. The van der Waals surface area contributed by atoms with E-state index in [1.807, 2.05) is 26.1 Å². The number of rotatable bonds is 6. The van der Waals surface area contributed by atoms with Crippen LogP contribution in [0.5, 0.6) is 0 Å². The summed E-state index contributed by atoms with van der Waals surface area (Å²) < 4.78 is 0. The highest BCUT2D eigenvalue weighted by Crippen LogP contribution is 2.10.